The van der Waals surface area contributed by atoms with Crippen LogP contribution in [0, 0.1) is 11.7 Å². The van der Waals surface area contributed by atoms with Gasteiger partial charge in [0.25, 0.3) is 0 Å². The van der Waals surface area contributed by atoms with E-state index in [0.29, 0.717) is 18.4 Å². The topological polar surface area (TPSA) is 26.3 Å². The first kappa shape index (κ1) is 15.3. The van der Waals surface area contributed by atoms with Gasteiger partial charge >= 0.3 is 5.97 Å². The lowest BCUT2D eigenvalue weighted by Gasteiger charge is -2.40. The van der Waals surface area contributed by atoms with Gasteiger partial charge in [-0.15, -0.1) is 0 Å². The molecule has 2 nitrogen and oxygen atoms in total. The quantitative estimate of drug-likeness (QED) is 0.599. The summed E-state index contributed by atoms with van der Waals surface area (Å²) in [6.07, 6.45) is 6.95. The lowest BCUT2D eigenvalue weighted by Crippen LogP contribution is -2.39. The Hall–Kier alpha value is -1.64. The summed E-state index contributed by atoms with van der Waals surface area (Å²) in [5.41, 5.74) is 1.35. The van der Waals surface area contributed by atoms with Gasteiger partial charge in [-0.25, -0.2) is 9.18 Å². The molecule has 22 heavy (non-hydrogen) atoms. The number of carbonyl (C=O) groups excluding carboxylic acids is 1. The first-order chi connectivity index (χ1) is 10.5. The van der Waals surface area contributed by atoms with E-state index in [-0.39, 0.29) is 17.7 Å². The number of hydrogen-bond donors (Lipinski definition) is 0. The monoisotopic (exact) mass is 302 g/mol. The minimum absolute atomic E-state index is 0.179. The SMILES string of the molecule is C=C(C)C(=O)OC1(C2CCCCC2)CCc2c(F)cccc21. The first-order valence-electron chi connectivity index (χ1n) is 8.21. The molecule has 1 aromatic rings. The molecule has 1 aromatic carbocycles. The molecule has 1 atom stereocenters. The smallest absolute Gasteiger partial charge is 0.334 e. The van der Waals surface area contributed by atoms with Crippen LogP contribution in [0.3, 0.4) is 0 Å². The normalized spacial score (nSPS) is 24.8. The van der Waals surface area contributed by atoms with E-state index in [0.717, 1.165) is 36.8 Å². The molecule has 2 aliphatic rings. The number of esters is 1. The van der Waals surface area contributed by atoms with Crippen LogP contribution in [-0.2, 0) is 21.6 Å². The van der Waals surface area contributed by atoms with Crippen molar-refractivity contribution in [2.24, 2.45) is 5.92 Å². The molecule has 3 heteroatoms. The summed E-state index contributed by atoms with van der Waals surface area (Å²) in [7, 11) is 0. The number of ether oxygens (including phenoxy) is 1. The van der Waals surface area contributed by atoms with E-state index in [1.54, 1.807) is 13.0 Å². The van der Waals surface area contributed by atoms with E-state index >= 15 is 0 Å². The molecule has 0 aromatic heterocycles. The number of halogens is 1. The molecule has 2 aliphatic carbocycles. The van der Waals surface area contributed by atoms with Crippen LogP contribution in [0.15, 0.2) is 30.4 Å². The van der Waals surface area contributed by atoms with Crippen LogP contribution in [0.1, 0.15) is 56.6 Å². The molecular weight excluding hydrogens is 279 g/mol. The number of hydrogen-bond acceptors (Lipinski definition) is 2. The van der Waals surface area contributed by atoms with Gasteiger partial charge in [-0.05, 0) is 44.2 Å². The minimum atomic E-state index is -0.659. The Bertz CT molecular complexity index is 601. The van der Waals surface area contributed by atoms with Crippen LogP contribution in [-0.4, -0.2) is 5.97 Å². The Kier molecular flexibility index (Phi) is 4.07. The van der Waals surface area contributed by atoms with Crippen molar-refractivity contribution >= 4 is 5.97 Å². The van der Waals surface area contributed by atoms with Gasteiger partial charge in [-0.3, -0.25) is 0 Å². The van der Waals surface area contributed by atoms with Crippen molar-refractivity contribution < 1.29 is 13.9 Å². The highest BCUT2D eigenvalue weighted by Gasteiger charge is 2.49. The fourth-order valence-corrected chi connectivity index (χ4v) is 4.09. The number of carbonyl (C=O) groups is 1. The molecule has 118 valence electrons. The summed E-state index contributed by atoms with van der Waals surface area (Å²) in [5.74, 6) is -0.253. The molecule has 0 spiro atoms. The third-order valence-electron chi connectivity index (χ3n) is 5.21. The second-order valence-corrected chi connectivity index (χ2v) is 6.66. The molecule has 1 unspecified atom stereocenters. The zero-order valence-electron chi connectivity index (χ0n) is 13.2. The van der Waals surface area contributed by atoms with Crippen LogP contribution < -0.4 is 0 Å². The lowest BCUT2D eigenvalue weighted by atomic mass is 9.73. The van der Waals surface area contributed by atoms with Gasteiger partial charge in [0.1, 0.15) is 11.4 Å². The van der Waals surface area contributed by atoms with E-state index < -0.39 is 5.60 Å². The van der Waals surface area contributed by atoms with Crippen molar-refractivity contribution in [3.05, 3.63) is 47.3 Å². The predicted molar refractivity (Wildman–Crippen MR) is 83.9 cm³/mol. The van der Waals surface area contributed by atoms with Crippen molar-refractivity contribution in [1.82, 2.24) is 0 Å². The van der Waals surface area contributed by atoms with E-state index in [1.165, 1.54) is 12.5 Å². The molecule has 0 heterocycles. The molecule has 1 fully saturated rings. The standard InChI is InChI=1S/C19H23FO2/c1-13(2)18(21)22-19(14-7-4-3-5-8-14)12-11-15-16(19)9-6-10-17(15)20/h6,9-10,14H,1,3-5,7-8,11-12H2,2H3. The van der Waals surface area contributed by atoms with Gasteiger partial charge in [0.05, 0.1) is 0 Å². The Morgan fingerprint density at radius 3 is 2.73 bits per heavy atom. The predicted octanol–water partition coefficient (Wildman–Crippen LogP) is 4.67. The largest absolute Gasteiger partial charge is 0.451 e. The molecule has 0 saturated heterocycles. The average molecular weight is 302 g/mol. The van der Waals surface area contributed by atoms with Gasteiger partial charge < -0.3 is 4.74 Å². The average Bonchev–Trinajstić information content (AvgIpc) is 2.89. The van der Waals surface area contributed by atoms with Crippen molar-refractivity contribution in [1.29, 1.82) is 0 Å². The third-order valence-corrected chi connectivity index (χ3v) is 5.21. The highest BCUT2D eigenvalue weighted by atomic mass is 19.1. The van der Waals surface area contributed by atoms with E-state index in [1.807, 2.05) is 6.07 Å². The molecule has 0 amide bonds. The second kappa shape index (κ2) is 5.86. The Labute approximate surface area is 131 Å². The van der Waals surface area contributed by atoms with Gasteiger partial charge in [0, 0.05) is 17.1 Å². The van der Waals surface area contributed by atoms with E-state index in [9.17, 15) is 9.18 Å². The number of rotatable bonds is 3. The molecule has 0 aliphatic heterocycles. The van der Waals surface area contributed by atoms with Crippen molar-refractivity contribution in [3.8, 4) is 0 Å². The molecule has 0 N–H and O–H groups in total. The number of benzene rings is 1. The lowest BCUT2D eigenvalue weighted by molar-refractivity contribution is -0.165. The molecule has 0 bridgehead atoms. The minimum Gasteiger partial charge on any atom is -0.451 e. The van der Waals surface area contributed by atoms with Crippen LogP contribution in [0.2, 0.25) is 0 Å². The summed E-state index contributed by atoms with van der Waals surface area (Å²) < 4.78 is 20.1. The summed E-state index contributed by atoms with van der Waals surface area (Å²) in [6.45, 7) is 5.36. The van der Waals surface area contributed by atoms with Crippen LogP contribution in [0.25, 0.3) is 0 Å². The zero-order chi connectivity index (χ0) is 15.7. The summed E-state index contributed by atoms with van der Waals surface area (Å²) >= 11 is 0. The summed E-state index contributed by atoms with van der Waals surface area (Å²) in [4.78, 5) is 12.2. The van der Waals surface area contributed by atoms with Crippen LogP contribution in [0.4, 0.5) is 4.39 Å². The highest BCUT2D eigenvalue weighted by molar-refractivity contribution is 5.87. The van der Waals surface area contributed by atoms with E-state index in [4.69, 9.17) is 4.74 Å². The number of fused-ring (bicyclic) bond motifs is 1. The Morgan fingerprint density at radius 2 is 2.05 bits per heavy atom. The highest BCUT2D eigenvalue weighted by Crippen LogP contribution is 2.50. The Balaban J connectivity index is 2.03. The molecule has 3 rings (SSSR count). The maximum absolute atomic E-state index is 14.1. The van der Waals surface area contributed by atoms with Gasteiger partial charge in [-0.1, -0.05) is 38.0 Å². The van der Waals surface area contributed by atoms with Crippen LogP contribution >= 0.6 is 0 Å². The second-order valence-electron chi connectivity index (χ2n) is 6.66. The zero-order valence-corrected chi connectivity index (χ0v) is 13.2. The van der Waals surface area contributed by atoms with Crippen molar-refractivity contribution in [2.75, 3.05) is 0 Å². The third kappa shape index (κ3) is 2.47. The maximum atomic E-state index is 14.1. The van der Waals surface area contributed by atoms with E-state index in [2.05, 4.69) is 6.58 Å². The molecule has 1 saturated carbocycles. The van der Waals surface area contributed by atoms with Gasteiger partial charge in [0.15, 0.2) is 0 Å². The Morgan fingerprint density at radius 1 is 1.32 bits per heavy atom. The molecular formula is C19H23FO2. The van der Waals surface area contributed by atoms with Crippen molar-refractivity contribution in [3.63, 3.8) is 0 Å². The maximum Gasteiger partial charge on any atom is 0.334 e. The molecule has 0 radical (unpaired) electrons. The first-order valence-corrected chi connectivity index (χ1v) is 8.21. The fraction of sp³-hybridized carbons (Fsp3) is 0.526. The van der Waals surface area contributed by atoms with Crippen LogP contribution in [0.5, 0.6) is 0 Å². The summed E-state index contributed by atoms with van der Waals surface area (Å²) in [6, 6.07) is 5.16. The van der Waals surface area contributed by atoms with Crippen molar-refractivity contribution in [2.45, 2.75) is 57.5 Å². The van der Waals surface area contributed by atoms with Gasteiger partial charge in [0.2, 0.25) is 0 Å². The fourth-order valence-electron chi connectivity index (χ4n) is 4.09. The van der Waals surface area contributed by atoms with Gasteiger partial charge in [-0.2, -0.15) is 0 Å². The summed E-state index contributed by atoms with van der Waals surface area (Å²) in [5, 5.41) is 0.